The molecule has 0 saturated carbocycles. The lowest BCUT2D eigenvalue weighted by molar-refractivity contribution is -0.127. The average Bonchev–Trinajstić information content (AvgIpc) is 2.65. The average molecular weight is 324 g/mol. The monoisotopic (exact) mass is 324 g/mol. The molecule has 1 aliphatic heterocycles. The maximum Gasteiger partial charge on any atom is 0.246 e. The number of nitrogens with zero attached hydrogens (tertiary/aromatic N) is 2. The summed E-state index contributed by atoms with van der Waals surface area (Å²) in [6.07, 6.45) is 1.73. The topological polar surface area (TPSA) is 57.7 Å². The van der Waals surface area contributed by atoms with Crippen molar-refractivity contribution in [3.05, 3.63) is 29.8 Å². The van der Waals surface area contributed by atoms with Crippen LogP contribution >= 0.6 is 0 Å². The second kappa shape index (κ2) is 6.28. The van der Waals surface area contributed by atoms with Crippen molar-refractivity contribution in [3.8, 4) is 0 Å². The molecular formula is C16H24N2O3S. The first-order valence-electron chi connectivity index (χ1n) is 7.58. The molecule has 1 aromatic rings. The van der Waals surface area contributed by atoms with Gasteiger partial charge in [0, 0.05) is 20.6 Å². The van der Waals surface area contributed by atoms with Crippen LogP contribution in [0.3, 0.4) is 0 Å². The van der Waals surface area contributed by atoms with Crippen LogP contribution in [-0.2, 0) is 14.8 Å². The Balaban J connectivity index is 2.47. The van der Waals surface area contributed by atoms with Crippen LogP contribution in [0.4, 0.5) is 5.69 Å². The summed E-state index contributed by atoms with van der Waals surface area (Å²) in [6.45, 7) is 4.01. The molecule has 0 aromatic heterocycles. The van der Waals surface area contributed by atoms with Gasteiger partial charge in [-0.15, -0.1) is 0 Å². The lowest BCUT2D eigenvalue weighted by Gasteiger charge is -2.28. The van der Waals surface area contributed by atoms with Crippen molar-refractivity contribution in [2.24, 2.45) is 0 Å². The molecule has 5 nitrogen and oxygen atoms in total. The maximum atomic E-state index is 12.9. The van der Waals surface area contributed by atoms with Crippen molar-refractivity contribution in [1.82, 2.24) is 4.90 Å². The molecule has 1 heterocycles. The Morgan fingerprint density at radius 2 is 1.95 bits per heavy atom. The molecule has 0 unspecified atom stereocenters. The fraction of sp³-hybridized carbons (Fsp3) is 0.562. The number of sulfonamides is 1. The van der Waals surface area contributed by atoms with Gasteiger partial charge in [0.05, 0.1) is 5.69 Å². The molecule has 0 saturated heterocycles. The van der Waals surface area contributed by atoms with Crippen molar-refractivity contribution in [2.45, 2.75) is 37.9 Å². The molecule has 6 heteroatoms. The fourth-order valence-corrected chi connectivity index (χ4v) is 4.57. The van der Waals surface area contributed by atoms with Gasteiger partial charge in [-0.2, -0.15) is 0 Å². The largest absolute Gasteiger partial charge is 0.348 e. The Kier molecular flexibility index (Phi) is 4.80. The number of carbonyl (C=O) groups excluding carboxylic acids is 1. The van der Waals surface area contributed by atoms with Crippen LogP contribution in [0.15, 0.2) is 24.3 Å². The van der Waals surface area contributed by atoms with E-state index < -0.39 is 21.2 Å². The Morgan fingerprint density at radius 3 is 2.59 bits per heavy atom. The Morgan fingerprint density at radius 1 is 1.32 bits per heavy atom. The van der Waals surface area contributed by atoms with E-state index >= 15 is 0 Å². The Hall–Kier alpha value is -1.56. The van der Waals surface area contributed by atoms with Crippen molar-refractivity contribution in [3.63, 3.8) is 0 Å². The second-order valence-electron chi connectivity index (χ2n) is 6.09. The Bertz CT molecular complexity index is 655. The fourth-order valence-electron chi connectivity index (χ4n) is 2.89. The summed E-state index contributed by atoms with van der Waals surface area (Å²) in [5.74, 6) is -0.0777. The molecule has 22 heavy (non-hydrogen) atoms. The third-order valence-electron chi connectivity index (χ3n) is 4.28. The summed E-state index contributed by atoms with van der Waals surface area (Å²) < 4.78 is 27.3. The normalized spacial score (nSPS) is 20.0. The summed E-state index contributed by atoms with van der Waals surface area (Å²) in [6, 6.07) is 7.59. The molecule has 0 N–H and O–H groups in total. The van der Waals surface area contributed by atoms with Gasteiger partial charge in [-0.3, -0.25) is 9.10 Å². The third kappa shape index (κ3) is 2.97. The minimum absolute atomic E-state index is 0.316. The summed E-state index contributed by atoms with van der Waals surface area (Å²) in [5, 5.41) is -1.08. The van der Waals surface area contributed by atoms with Gasteiger partial charge in [0.15, 0.2) is 5.25 Å². The van der Waals surface area contributed by atoms with Gasteiger partial charge in [0.25, 0.3) is 0 Å². The molecule has 0 aliphatic carbocycles. The predicted octanol–water partition coefficient (Wildman–Crippen LogP) is 2.20. The minimum atomic E-state index is -3.72. The van der Waals surface area contributed by atoms with E-state index in [0.29, 0.717) is 18.2 Å². The van der Waals surface area contributed by atoms with Crippen LogP contribution in [0, 0.1) is 0 Å². The van der Waals surface area contributed by atoms with Crippen molar-refractivity contribution >= 4 is 21.6 Å². The van der Waals surface area contributed by atoms with Gasteiger partial charge in [0.2, 0.25) is 15.9 Å². The highest BCUT2D eigenvalue weighted by atomic mass is 32.2. The van der Waals surface area contributed by atoms with Crippen LogP contribution in [0.1, 0.15) is 38.2 Å². The molecule has 0 spiro atoms. The molecule has 0 radical (unpaired) electrons. The van der Waals surface area contributed by atoms with Crippen molar-refractivity contribution in [1.29, 1.82) is 0 Å². The predicted molar refractivity (Wildman–Crippen MR) is 88.5 cm³/mol. The first-order chi connectivity index (χ1) is 10.3. The van der Waals surface area contributed by atoms with Gasteiger partial charge >= 0.3 is 0 Å². The van der Waals surface area contributed by atoms with Gasteiger partial charge < -0.3 is 4.90 Å². The van der Waals surface area contributed by atoms with Crippen LogP contribution in [0.25, 0.3) is 0 Å². The smallest absolute Gasteiger partial charge is 0.246 e. The molecule has 0 fully saturated rings. The van der Waals surface area contributed by atoms with Crippen LogP contribution in [-0.4, -0.2) is 45.1 Å². The lowest BCUT2D eigenvalue weighted by Crippen LogP contribution is -2.45. The van der Waals surface area contributed by atoms with E-state index in [9.17, 15) is 13.2 Å². The molecule has 0 bridgehead atoms. The number of hydrogen-bond acceptors (Lipinski definition) is 3. The van der Waals surface area contributed by atoms with E-state index in [2.05, 4.69) is 6.92 Å². The van der Waals surface area contributed by atoms with Crippen LogP contribution < -0.4 is 4.31 Å². The highest BCUT2D eigenvalue weighted by Gasteiger charge is 2.36. The number of fused-ring (bicyclic) bond motifs is 1. The molecule has 1 amide bonds. The van der Waals surface area contributed by atoms with Crippen molar-refractivity contribution in [2.75, 3.05) is 24.9 Å². The number of hydrogen-bond donors (Lipinski definition) is 0. The van der Waals surface area contributed by atoms with E-state index in [4.69, 9.17) is 0 Å². The van der Waals surface area contributed by atoms with Gasteiger partial charge in [-0.1, -0.05) is 25.1 Å². The maximum absolute atomic E-state index is 12.9. The van der Waals surface area contributed by atoms with Crippen LogP contribution in [0.5, 0.6) is 0 Å². The summed E-state index contributed by atoms with van der Waals surface area (Å²) in [4.78, 5) is 13.4. The lowest BCUT2D eigenvalue weighted by atomic mass is 9.96. The molecular weight excluding hydrogens is 300 g/mol. The number of para-hydroxylation sites is 1. The van der Waals surface area contributed by atoms with E-state index in [1.54, 1.807) is 14.1 Å². The van der Waals surface area contributed by atoms with Gasteiger partial charge in [-0.25, -0.2) is 8.42 Å². The summed E-state index contributed by atoms with van der Waals surface area (Å²) in [7, 11) is -0.572. The Labute approximate surface area is 133 Å². The number of anilines is 1. The summed E-state index contributed by atoms with van der Waals surface area (Å²) in [5.41, 5.74) is 1.75. The van der Waals surface area contributed by atoms with E-state index in [-0.39, 0.29) is 0 Å². The van der Waals surface area contributed by atoms with E-state index in [1.807, 2.05) is 24.3 Å². The number of benzene rings is 1. The first kappa shape index (κ1) is 16.8. The van der Waals surface area contributed by atoms with Crippen molar-refractivity contribution < 1.29 is 13.2 Å². The van der Waals surface area contributed by atoms with E-state index in [1.165, 1.54) is 16.1 Å². The zero-order valence-electron chi connectivity index (χ0n) is 13.6. The zero-order chi connectivity index (χ0) is 16.5. The highest BCUT2D eigenvalue weighted by Crippen LogP contribution is 2.36. The zero-order valence-corrected chi connectivity index (χ0v) is 14.4. The van der Waals surface area contributed by atoms with E-state index in [0.717, 1.165) is 18.4 Å². The molecule has 122 valence electrons. The molecule has 1 aliphatic rings. The molecule has 2 rings (SSSR count). The quantitative estimate of drug-likeness (QED) is 0.856. The summed E-state index contributed by atoms with van der Waals surface area (Å²) >= 11 is 0. The first-order valence-corrected chi connectivity index (χ1v) is 9.08. The minimum Gasteiger partial charge on any atom is -0.348 e. The standard InChI is InChI=1S/C16H24N2O3S/c1-12-8-7-11-18(15-10-6-5-9-14(12)15)22(20,21)13(2)16(19)17(3)4/h5-6,9-10,12-13H,7-8,11H2,1-4H3/t12-,13+/m1/s1. The van der Waals surface area contributed by atoms with Crippen LogP contribution in [0.2, 0.25) is 0 Å². The molecule has 2 atom stereocenters. The van der Waals surface area contributed by atoms with Gasteiger partial charge in [-0.05, 0) is 37.3 Å². The molecule has 1 aromatic carbocycles. The third-order valence-corrected chi connectivity index (χ3v) is 6.37. The number of rotatable bonds is 3. The number of carbonyl (C=O) groups is 1. The number of amides is 1. The van der Waals surface area contributed by atoms with Gasteiger partial charge in [0.1, 0.15) is 0 Å². The SMILES string of the molecule is C[C@@H]1CCCN(S(=O)(=O)[C@@H](C)C(=O)N(C)C)c2ccccc21. The second-order valence-corrected chi connectivity index (χ2v) is 8.27. The highest BCUT2D eigenvalue weighted by molar-refractivity contribution is 7.94.